The Labute approximate surface area is 169 Å². The van der Waals surface area contributed by atoms with Gasteiger partial charge in [0.2, 0.25) is 0 Å². The smallest absolute Gasteiger partial charge is 0.408 e. The van der Waals surface area contributed by atoms with Gasteiger partial charge in [-0.1, -0.05) is 30.3 Å². The first-order valence-corrected chi connectivity index (χ1v) is 10.00. The van der Waals surface area contributed by atoms with Crippen molar-refractivity contribution in [2.75, 3.05) is 32.8 Å². The lowest BCUT2D eigenvalue weighted by Gasteiger charge is -2.23. The summed E-state index contributed by atoms with van der Waals surface area (Å²) < 4.78 is 10.8. The number of nitrogens with zero attached hydrogens (tertiary/aromatic N) is 1. The number of carbonyl (C=O) groups excluding carboxylic acids is 1. The highest BCUT2D eigenvalue weighted by atomic mass is 16.6. The van der Waals surface area contributed by atoms with Crippen LogP contribution in [0, 0.1) is 0 Å². The van der Waals surface area contributed by atoms with Crippen molar-refractivity contribution in [1.82, 2.24) is 16.0 Å². The highest BCUT2D eigenvalue weighted by molar-refractivity contribution is 5.79. The summed E-state index contributed by atoms with van der Waals surface area (Å²) in [6.07, 6.45) is 0.447. The van der Waals surface area contributed by atoms with Gasteiger partial charge in [-0.2, -0.15) is 0 Å². The van der Waals surface area contributed by atoms with E-state index in [0.29, 0.717) is 12.5 Å². The Morgan fingerprint density at radius 2 is 1.86 bits per heavy atom. The van der Waals surface area contributed by atoms with Crippen LogP contribution in [0.15, 0.2) is 35.3 Å². The summed E-state index contributed by atoms with van der Waals surface area (Å²) in [5.74, 6) is 0.714. The van der Waals surface area contributed by atoms with E-state index in [4.69, 9.17) is 9.47 Å². The summed E-state index contributed by atoms with van der Waals surface area (Å²) in [5.41, 5.74) is 0.426. The number of amides is 1. The lowest BCUT2D eigenvalue weighted by molar-refractivity contribution is 0.0505. The number of hydrogen-bond donors (Lipinski definition) is 3. The molecule has 0 bridgehead atoms. The van der Waals surface area contributed by atoms with Crippen molar-refractivity contribution >= 4 is 12.1 Å². The van der Waals surface area contributed by atoms with Gasteiger partial charge in [0.05, 0.1) is 12.6 Å². The van der Waals surface area contributed by atoms with Gasteiger partial charge < -0.3 is 25.4 Å². The van der Waals surface area contributed by atoms with Crippen molar-refractivity contribution in [1.29, 1.82) is 0 Å². The van der Waals surface area contributed by atoms with E-state index in [2.05, 4.69) is 20.9 Å². The zero-order valence-corrected chi connectivity index (χ0v) is 17.9. The maximum Gasteiger partial charge on any atom is 0.408 e. The van der Waals surface area contributed by atoms with E-state index in [1.54, 1.807) is 0 Å². The average Bonchev–Trinajstić information content (AvgIpc) is 2.64. The average molecular weight is 393 g/mol. The quantitative estimate of drug-likeness (QED) is 0.323. The molecular weight excluding hydrogens is 356 g/mol. The van der Waals surface area contributed by atoms with E-state index < -0.39 is 11.7 Å². The standard InChI is InChI=1S/C21H36N4O3/c1-6-22-19(23-14-11-15-27-7-2)24-16-18(17-12-9-8-10-13-17)25-20(26)28-21(3,4)5/h8-10,12-13,18H,6-7,11,14-16H2,1-5H3,(H,25,26)(H2,22,23,24). The van der Waals surface area contributed by atoms with Gasteiger partial charge in [-0.3, -0.25) is 4.99 Å². The van der Waals surface area contributed by atoms with Gasteiger partial charge in [0.1, 0.15) is 5.60 Å². The van der Waals surface area contributed by atoms with Crippen LogP contribution < -0.4 is 16.0 Å². The van der Waals surface area contributed by atoms with Gasteiger partial charge >= 0.3 is 6.09 Å². The Kier molecular flexibility index (Phi) is 11.0. The molecule has 3 N–H and O–H groups in total. The molecule has 7 nitrogen and oxygen atoms in total. The lowest BCUT2D eigenvalue weighted by Crippen LogP contribution is -2.40. The molecule has 1 atom stereocenters. The van der Waals surface area contributed by atoms with E-state index >= 15 is 0 Å². The van der Waals surface area contributed by atoms with Crippen LogP contribution in [-0.2, 0) is 9.47 Å². The summed E-state index contributed by atoms with van der Waals surface area (Å²) in [4.78, 5) is 16.9. The highest BCUT2D eigenvalue weighted by Crippen LogP contribution is 2.15. The fraction of sp³-hybridized carbons (Fsp3) is 0.619. The van der Waals surface area contributed by atoms with Crippen molar-refractivity contribution < 1.29 is 14.3 Å². The number of benzene rings is 1. The van der Waals surface area contributed by atoms with Crippen molar-refractivity contribution in [3.8, 4) is 0 Å². The predicted molar refractivity (Wildman–Crippen MR) is 114 cm³/mol. The summed E-state index contributed by atoms with van der Waals surface area (Å²) >= 11 is 0. The molecule has 1 aromatic carbocycles. The molecule has 1 aromatic rings. The van der Waals surface area contributed by atoms with Crippen LogP contribution in [0.3, 0.4) is 0 Å². The summed E-state index contributed by atoms with van der Waals surface area (Å²) in [6, 6.07) is 9.50. The van der Waals surface area contributed by atoms with Gasteiger partial charge in [-0.15, -0.1) is 0 Å². The van der Waals surface area contributed by atoms with E-state index in [9.17, 15) is 4.79 Å². The largest absolute Gasteiger partial charge is 0.444 e. The second-order valence-electron chi connectivity index (χ2n) is 7.31. The molecule has 0 fully saturated rings. The molecule has 7 heteroatoms. The third-order valence-corrected chi connectivity index (χ3v) is 3.63. The molecular formula is C21H36N4O3. The Bertz CT molecular complexity index is 585. The Hall–Kier alpha value is -2.28. The molecule has 1 rings (SSSR count). The maximum atomic E-state index is 12.3. The van der Waals surface area contributed by atoms with Crippen molar-refractivity contribution in [3.63, 3.8) is 0 Å². The second kappa shape index (κ2) is 13.0. The minimum absolute atomic E-state index is 0.282. The van der Waals surface area contributed by atoms with Crippen LogP contribution in [0.4, 0.5) is 4.79 Å². The van der Waals surface area contributed by atoms with Crippen molar-refractivity contribution in [2.24, 2.45) is 4.99 Å². The third-order valence-electron chi connectivity index (χ3n) is 3.63. The topological polar surface area (TPSA) is 84.0 Å². The number of guanidine groups is 1. The minimum atomic E-state index is -0.550. The summed E-state index contributed by atoms with van der Waals surface area (Å²) in [6.45, 7) is 12.9. The van der Waals surface area contributed by atoms with Crippen molar-refractivity contribution in [2.45, 2.75) is 52.7 Å². The van der Waals surface area contributed by atoms with Crippen LogP contribution >= 0.6 is 0 Å². The molecule has 0 radical (unpaired) electrons. The van der Waals surface area contributed by atoms with E-state index in [1.165, 1.54) is 0 Å². The number of ether oxygens (including phenoxy) is 2. The SMILES string of the molecule is CCNC(=NCC(NC(=O)OC(C)(C)C)c1ccccc1)NCCCOCC. The molecule has 0 spiro atoms. The molecule has 1 amide bonds. The number of carbonyl (C=O) groups is 1. The fourth-order valence-corrected chi connectivity index (χ4v) is 2.42. The normalized spacial score (nSPS) is 13.0. The van der Waals surface area contributed by atoms with Crippen LogP contribution in [0.2, 0.25) is 0 Å². The molecule has 0 saturated heterocycles. The van der Waals surface area contributed by atoms with E-state index in [-0.39, 0.29) is 6.04 Å². The molecule has 28 heavy (non-hydrogen) atoms. The highest BCUT2D eigenvalue weighted by Gasteiger charge is 2.20. The van der Waals surface area contributed by atoms with E-state index in [1.807, 2.05) is 65.0 Å². The first kappa shape index (κ1) is 23.8. The predicted octanol–water partition coefficient (Wildman–Crippen LogP) is 3.23. The number of nitrogens with one attached hydrogen (secondary N) is 3. The molecule has 0 aliphatic carbocycles. The van der Waals surface area contributed by atoms with Gasteiger partial charge in [0.25, 0.3) is 0 Å². The first-order valence-electron chi connectivity index (χ1n) is 10.00. The monoisotopic (exact) mass is 392 g/mol. The van der Waals surface area contributed by atoms with Gasteiger partial charge in [-0.05, 0) is 46.6 Å². The molecule has 0 aliphatic rings. The second-order valence-corrected chi connectivity index (χ2v) is 7.31. The first-order chi connectivity index (χ1) is 13.4. The number of aliphatic imine (C=N–C) groups is 1. The van der Waals surface area contributed by atoms with Gasteiger partial charge in [-0.25, -0.2) is 4.79 Å². The fourth-order valence-electron chi connectivity index (χ4n) is 2.42. The van der Waals surface area contributed by atoms with Gasteiger partial charge in [0, 0.05) is 26.3 Å². The lowest BCUT2D eigenvalue weighted by atomic mass is 10.1. The van der Waals surface area contributed by atoms with E-state index in [0.717, 1.165) is 38.3 Å². The van der Waals surface area contributed by atoms with Crippen molar-refractivity contribution in [3.05, 3.63) is 35.9 Å². The number of alkyl carbamates (subject to hydrolysis) is 1. The van der Waals surface area contributed by atoms with Crippen LogP contribution in [-0.4, -0.2) is 50.5 Å². The van der Waals surface area contributed by atoms with Crippen LogP contribution in [0.5, 0.6) is 0 Å². The minimum Gasteiger partial charge on any atom is -0.444 e. The molecule has 1 unspecified atom stereocenters. The third kappa shape index (κ3) is 10.8. The summed E-state index contributed by atoms with van der Waals surface area (Å²) in [7, 11) is 0. The molecule has 0 aliphatic heterocycles. The molecule has 0 heterocycles. The Morgan fingerprint density at radius 3 is 2.46 bits per heavy atom. The Morgan fingerprint density at radius 1 is 1.14 bits per heavy atom. The Balaban J connectivity index is 2.76. The molecule has 158 valence electrons. The molecule has 0 aromatic heterocycles. The number of rotatable bonds is 10. The number of hydrogen-bond acceptors (Lipinski definition) is 4. The molecule has 0 saturated carbocycles. The van der Waals surface area contributed by atoms with Crippen LogP contribution in [0.25, 0.3) is 0 Å². The van der Waals surface area contributed by atoms with Gasteiger partial charge in [0.15, 0.2) is 5.96 Å². The summed E-state index contributed by atoms with van der Waals surface area (Å²) in [5, 5.41) is 9.45. The maximum absolute atomic E-state index is 12.3. The zero-order valence-electron chi connectivity index (χ0n) is 17.9. The van der Waals surface area contributed by atoms with Crippen LogP contribution in [0.1, 0.15) is 52.6 Å². The zero-order chi connectivity index (χ0) is 20.8.